The number of hydrogen-bond donors (Lipinski definition) is 0. The van der Waals surface area contributed by atoms with E-state index < -0.39 is 0 Å². The van der Waals surface area contributed by atoms with Crippen molar-refractivity contribution in [3.8, 4) is 0 Å². The van der Waals surface area contributed by atoms with Crippen molar-refractivity contribution in [2.45, 2.75) is 46.6 Å². The lowest BCUT2D eigenvalue weighted by molar-refractivity contribution is -0.0164. The lowest BCUT2D eigenvalue weighted by atomic mass is 9.49. The Morgan fingerprint density at radius 3 is 2.65 bits per heavy atom. The zero-order valence-electron chi connectivity index (χ0n) is 14.0. The van der Waals surface area contributed by atoms with Gasteiger partial charge in [-0.15, -0.1) is 0 Å². The highest BCUT2D eigenvalue weighted by Crippen LogP contribution is 2.59. The molecule has 1 saturated heterocycles. The Balaban J connectivity index is 1.69. The topological polar surface area (TPSA) is 6.48 Å². The summed E-state index contributed by atoms with van der Waals surface area (Å²) in [5.74, 6) is 2.59. The maximum Gasteiger partial charge on any atom is 0.0249 e. The molecule has 3 aliphatic carbocycles. The van der Waals surface area contributed by atoms with Gasteiger partial charge in [-0.05, 0) is 43.1 Å². The number of piperazine rings is 1. The van der Waals surface area contributed by atoms with Crippen LogP contribution in [0, 0.1) is 23.2 Å². The molecule has 4 rings (SSSR count). The minimum atomic E-state index is 0.573. The third-order valence-corrected chi connectivity index (χ3v) is 6.47. The maximum absolute atomic E-state index is 2.77. The van der Waals surface area contributed by atoms with Crippen LogP contribution in [-0.2, 0) is 0 Å². The summed E-state index contributed by atoms with van der Waals surface area (Å²) < 4.78 is 0. The van der Waals surface area contributed by atoms with Gasteiger partial charge in [-0.2, -0.15) is 0 Å². The van der Waals surface area contributed by atoms with Crippen molar-refractivity contribution >= 4 is 0 Å². The lowest BCUT2D eigenvalue weighted by Gasteiger charge is -2.57. The molecule has 2 bridgehead atoms. The second-order valence-corrected chi connectivity index (χ2v) is 8.37. The minimum absolute atomic E-state index is 0.573. The number of allylic oxidation sites excluding steroid dienone is 1. The molecule has 0 N–H and O–H groups in total. The van der Waals surface area contributed by atoms with E-state index in [1.807, 2.05) is 0 Å². The highest BCUT2D eigenvalue weighted by molar-refractivity contribution is 5.24. The van der Waals surface area contributed by atoms with Gasteiger partial charge in [0.2, 0.25) is 0 Å². The molecule has 20 heavy (non-hydrogen) atoms. The number of fused-ring (bicyclic) bond motifs is 1. The van der Waals surface area contributed by atoms with Crippen LogP contribution in [-0.4, -0.2) is 49.1 Å². The molecule has 1 saturated carbocycles. The van der Waals surface area contributed by atoms with E-state index >= 15 is 0 Å². The van der Waals surface area contributed by atoms with Crippen molar-refractivity contribution in [3.63, 3.8) is 0 Å². The van der Waals surface area contributed by atoms with E-state index in [0.29, 0.717) is 5.41 Å². The molecule has 2 fully saturated rings. The summed E-state index contributed by atoms with van der Waals surface area (Å²) in [7, 11) is 2.27. The molecule has 1 aliphatic heterocycles. The molecular weight excluding hydrogens is 244 g/mol. The van der Waals surface area contributed by atoms with E-state index in [0.717, 1.165) is 23.8 Å². The Labute approximate surface area is 125 Å². The van der Waals surface area contributed by atoms with Crippen LogP contribution in [0.3, 0.4) is 0 Å². The summed E-state index contributed by atoms with van der Waals surface area (Å²) in [5, 5.41) is 0. The number of likely N-dealkylation sites (N-methyl/N-ethyl adjacent to an activating group) is 1. The average molecular weight is 276 g/mol. The van der Waals surface area contributed by atoms with Gasteiger partial charge in [0.15, 0.2) is 0 Å². The average Bonchev–Trinajstić information content (AvgIpc) is 2.40. The van der Waals surface area contributed by atoms with Crippen molar-refractivity contribution in [3.05, 3.63) is 11.6 Å². The van der Waals surface area contributed by atoms with Gasteiger partial charge in [0.1, 0.15) is 0 Å². The predicted octanol–water partition coefficient (Wildman–Crippen LogP) is 3.25. The molecule has 0 radical (unpaired) electrons. The monoisotopic (exact) mass is 276 g/mol. The van der Waals surface area contributed by atoms with Crippen LogP contribution in [0.4, 0.5) is 0 Å². The Bertz CT molecular complexity index is 396. The van der Waals surface area contributed by atoms with Gasteiger partial charge < -0.3 is 4.90 Å². The normalized spacial score (nSPS) is 37.7. The van der Waals surface area contributed by atoms with Crippen molar-refractivity contribution in [2.24, 2.45) is 23.2 Å². The Hall–Kier alpha value is -0.340. The zero-order chi connectivity index (χ0) is 14.5. The lowest BCUT2D eigenvalue weighted by Crippen LogP contribution is -2.56. The Morgan fingerprint density at radius 2 is 2.05 bits per heavy atom. The highest BCUT2D eigenvalue weighted by atomic mass is 15.3. The van der Waals surface area contributed by atoms with Gasteiger partial charge in [-0.1, -0.05) is 39.3 Å². The summed E-state index contributed by atoms with van der Waals surface area (Å²) >= 11 is 0. The third kappa shape index (κ3) is 2.35. The molecule has 0 aromatic carbocycles. The quantitative estimate of drug-likeness (QED) is 0.730. The van der Waals surface area contributed by atoms with Gasteiger partial charge in [-0.25, -0.2) is 0 Å². The van der Waals surface area contributed by atoms with Crippen LogP contribution in [0.2, 0.25) is 0 Å². The van der Waals surface area contributed by atoms with Gasteiger partial charge in [0, 0.05) is 32.2 Å². The van der Waals surface area contributed by atoms with E-state index in [4.69, 9.17) is 0 Å². The van der Waals surface area contributed by atoms with E-state index in [9.17, 15) is 0 Å². The first kappa shape index (κ1) is 14.6. The van der Waals surface area contributed by atoms with Gasteiger partial charge in [0.25, 0.3) is 0 Å². The van der Waals surface area contributed by atoms with E-state index in [1.54, 1.807) is 5.57 Å². The third-order valence-electron chi connectivity index (χ3n) is 6.47. The highest BCUT2D eigenvalue weighted by Gasteiger charge is 2.51. The maximum atomic E-state index is 2.77. The van der Waals surface area contributed by atoms with Crippen molar-refractivity contribution in [2.75, 3.05) is 33.2 Å². The zero-order valence-corrected chi connectivity index (χ0v) is 14.0. The van der Waals surface area contributed by atoms with Crippen LogP contribution < -0.4 is 0 Å². The van der Waals surface area contributed by atoms with Crippen LogP contribution in [0.1, 0.15) is 40.5 Å². The first-order valence-electron chi connectivity index (χ1n) is 8.51. The molecule has 0 aromatic rings. The van der Waals surface area contributed by atoms with Crippen molar-refractivity contribution < 1.29 is 0 Å². The first-order valence-corrected chi connectivity index (χ1v) is 8.51. The SMILES string of the molecule is CC(C)[C@H]1CN(C)CCN1CC1=CC[C@H]2C[C@@H]1C2(C)C. The van der Waals surface area contributed by atoms with Crippen LogP contribution in [0.25, 0.3) is 0 Å². The van der Waals surface area contributed by atoms with E-state index in [1.165, 1.54) is 39.0 Å². The fourth-order valence-electron chi connectivity index (χ4n) is 4.71. The van der Waals surface area contributed by atoms with E-state index in [2.05, 4.69) is 50.6 Å². The molecule has 2 heteroatoms. The fraction of sp³-hybridized carbons (Fsp3) is 0.889. The van der Waals surface area contributed by atoms with Crippen molar-refractivity contribution in [1.29, 1.82) is 0 Å². The molecule has 0 aromatic heterocycles. The Morgan fingerprint density at radius 1 is 1.30 bits per heavy atom. The first-order chi connectivity index (χ1) is 9.39. The molecule has 4 aliphatic rings. The van der Waals surface area contributed by atoms with E-state index in [-0.39, 0.29) is 0 Å². The molecule has 0 unspecified atom stereocenters. The molecule has 0 spiro atoms. The number of hydrogen-bond acceptors (Lipinski definition) is 2. The molecule has 3 atom stereocenters. The summed E-state index contributed by atoms with van der Waals surface area (Å²) in [6.07, 6.45) is 5.37. The molecule has 114 valence electrons. The standard InChI is InChI=1S/C18H32N2/c1-13(2)17-12-19(5)8-9-20(17)11-14-6-7-15-10-16(14)18(15,3)4/h6,13,15-17H,7-12H2,1-5H3/t15-,16-,17+/m0/s1. The van der Waals surface area contributed by atoms with Gasteiger partial charge in [-0.3, -0.25) is 4.90 Å². The number of rotatable bonds is 3. The molecular formula is C18H32N2. The number of nitrogens with zero attached hydrogens (tertiary/aromatic N) is 2. The van der Waals surface area contributed by atoms with Gasteiger partial charge >= 0.3 is 0 Å². The second-order valence-electron chi connectivity index (χ2n) is 8.37. The van der Waals surface area contributed by atoms with Crippen LogP contribution >= 0.6 is 0 Å². The molecule has 1 heterocycles. The fourth-order valence-corrected chi connectivity index (χ4v) is 4.71. The Kier molecular flexibility index (Phi) is 3.75. The second kappa shape index (κ2) is 5.14. The molecule has 2 nitrogen and oxygen atoms in total. The summed E-state index contributed by atoms with van der Waals surface area (Å²) in [6.45, 7) is 14.7. The largest absolute Gasteiger partial charge is 0.304 e. The summed E-state index contributed by atoms with van der Waals surface area (Å²) in [6, 6.07) is 0.732. The van der Waals surface area contributed by atoms with Crippen molar-refractivity contribution in [1.82, 2.24) is 9.80 Å². The van der Waals surface area contributed by atoms with Crippen LogP contribution in [0.5, 0.6) is 0 Å². The molecule has 0 amide bonds. The predicted molar refractivity (Wildman–Crippen MR) is 85.8 cm³/mol. The van der Waals surface area contributed by atoms with Crippen LogP contribution in [0.15, 0.2) is 11.6 Å². The van der Waals surface area contributed by atoms with Gasteiger partial charge in [0.05, 0.1) is 0 Å². The summed E-state index contributed by atoms with van der Waals surface area (Å²) in [4.78, 5) is 5.27. The summed E-state index contributed by atoms with van der Waals surface area (Å²) in [5.41, 5.74) is 2.33. The minimum Gasteiger partial charge on any atom is -0.304 e. The smallest absolute Gasteiger partial charge is 0.0249 e.